The minimum absolute atomic E-state index is 0.0717. The molecule has 0 aromatic heterocycles. The van der Waals surface area contributed by atoms with Crippen molar-refractivity contribution in [2.45, 2.75) is 32.2 Å². The Bertz CT molecular complexity index is 700. The highest BCUT2D eigenvalue weighted by Gasteiger charge is 2.27. The fourth-order valence-electron chi connectivity index (χ4n) is 2.24. The van der Waals surface area contributed by atoms with Crippen molar-refractivity contribution < 1.29 is 22.7 Å². The number of aryl methyl sites for hydroxylation is 1. The van der Waals surface area contributed by atoms with Gasteiger partial charge in [-0.25, -0.2) is 0 Å². The van der Waals surface area contributed by atoms with E-state index in [1.807, 2.05) is 12.1 Å². The number of ether oxygens (including phenoxy) is 1. The predicted octanol–water partition coefficient (Wildman–Crippen LogP) is 4.67. The Hall–Kier alpha value is -2.05. The van der Waals surface area contributed by atoms with Crippen LogP contribution in [0, 0.1) is 0 Å². The van der Waals surface area contributed by atoms with E-state index in [2.05, 4.69) is 10.1 Å². The molecule has 0 atom stereocenters. The molecule has 2 aromatic carbocycles. The smallest absolute Gasteiger partial charge is 0.367 e. The number of hydrogen-bond donors (Lipinski definition) is 1. The third kappa shape index (κ3) is 7.89. The number of hydrogen-bond acceptors (Lipinski definition) is 2. The summed E-state index contributed by atoms with van der Waals surface area (Å²) in [5.41, 5.74) is 2.55. The lowest BCUT2D eigenvalue weighted by Gasteiger charge is -2.09. The van der Waals surface area contributed by atoms with E-state index in [0.717, 1.165) is 11.1 Å². The van der Waals surface area contributed by atoms with Crippen LogP contribution >= 0.6 is 11.6 Å². The first kappa shape index (κ1) is 20.3. The van der Waals surface area contributed by atoms with Gasteiger partial charge in [0.2, 0.25) is 5.91 Å². The minimum atomic E-state index is -4.32. The largest absolute Gasteiger partial charge is 0.411 e. The number of rotatable bonds is 8. The standard InChI is InChI=1S/C19H19ClF3NO2/c20-17-8-5-14(6-9-17)7-10-18(25)24-11-15-1-3-16(4-2-15)12-26-13-19(21,22)23/h1-6,8-9H,7,10-13H2,(H,24,25). The number of nitrogens with one attached hydrogen (secondary N) is 1. The molecule has 26 heavy (non-hydrogen) atoms. The average Bonchev–Trinajstić information content (AvgIpc) is 2.59. The van der Waals surface area contributed by atoms with Crippen LogP contribution in [0.5, 0.6) is 0 Å². The van der Waals surface area contributed by atoms with E-state index in [0.29, 0.717) is 30.0 Å². The van der Waals surface area contributed by atoms with Gasteiger partial charge < -0.3 is 10.1 Å². The number of carbonyl (C=O) groups is 1. The Labute approximate surface area is 155 Å². The van der Waals surface area contributed by atoms with Crippen molar-refractivity contribution in [1.82, 2.24) is 5.32 Å². The Morgan fingerprint density at radius 1 is 0.962 bits per heavy atom. The van der Waals surface area contributed by atoms with E-state index in [1.165, 1.54) is 0 Å². The van der Waals surface area contributed by atoms with Gasteiger partial charge in [-0.15, -0.1) is 0 Å². The number of alkyl halides is 3. The zero-order valence-corrected chi connectivity index (χ0v) is 14.7. The number of halogens is 4. The number of carbonyl (C=O) groups excluding carboxylic acids is 1. The lowest BCUT2D eigenvalue weighted by atomic mass is 10.1. The second-order valence-corrected chi connectivity index (χ2v) is 6.26. The molecule has 0 saturated carbocycles. The Balaban J connectivity index is 1.69. The van der Waals surface area contributed by atoms with Crippen molar-refractivity contribution in [3.63, 3.8) is 0 Å². The monoisotopic (exact) mass is 385 g/mol. The zero-order chi connectivity index (χ0) is 19.0. The molecule has 0 radical (unpaired) electrons. The van der Waals surface area contributed by atoms with Gasteiger partial charge in [0.25, 0.3) is 0 Å². The third-order valence-corrected chi connectivity index (χ3v) is 3.85. The van der Waals surface area contributed by atoms with E-state index < -0.39 is 12.8 Å². The maximum absolute atomic E-state index is 12.0. The molecule has 2 rings (SSSR count). The third-order valence-electron chi connectivity index (χ3n) is 3.60. The van der Waals surface area contributed by atoms with Crippen LogP contribution in [0.2, 0.25) is 5.02 Å². The summed E-state index contributed by atoms with van der Waals surface area (Å²) >= 11 is 5.81. The second kappa shape index (κ2) is 9.59. The van der Waals surface area contributed by atoms with Crippen LogP contribution in [-0.2, 0) is 29.1 Å². The summed E-state index contributed by atoms with van der Waals surface area (Å²) in [5, 5.41) is 3.48. The molecule has 0 aliphatic rings. The molecule has 0 spiro atoms. The summed E-state index contributed by atoms with van der Waals surface area (Å²) in [7, 11) is 0. The first-order valence-electron chi connectivity index (χ1n) is 8.05. The lowest BCUT2D eigenvalue weighted by Crippen LogP contribution is -2.23. The molecule has 7 heteroatoms. The van der Waals surface area contributed by atoms with Gasteiger partial charge in [-0.1, -0.05) is 48.0 Å². The summed E-state index contributed by atoms with van der Waals surface area (Å²) in [5.74, 6) is -0.0717. The highest BCUT2D eigenvalue weighted by atomic mass is 35.5. The molecule has 3 nitrogen and oxygen atoms in total. The minimum Gasteiger partial charge on any atom is -0.367 e. The van der Waals surface area contributed by atoms with Crippen molar-refractivity contribution >= 4 is 17.5 Å². The molecule has 140 valence electrons. The molecule has 2 aromatic rings. The van der Waals surface area contributed by atoms with Crippen LogP contribution in [0.1, 0.15) is 23.1 Å². The van der Waals surface area contributed by atoms with Gasteiger partial charge in [0, 0.05) is 18.0 Å². The van der Waals surface area contributed by atoms with Crippen molar-refractivity contribution in [2.75, 3.05) is 6.61 Å². The summed E-state index contributed by atoms with van der Waals surface area (Å²) in [4.78, 5) is 11.9. The van der Waals surface area contributed by atoms with Crippen molar-refractivity contribution in [3.8, 4) is 0 Å². The highest BCUT2D eigenvalue weighted by molar-refractivity contribution is 6.30. The zero-order valence-electron chi connectivity index (χ0n) is 14.0. The number of amides is 1. The van der Waals surface area contributed by atoms with E-state index in [1.54, 1.807) is 36.4 Å². The fraction of sp³-hybridized carbons (Fsp3) is 0.316. The SMILES string of the molecule is O=C(CCc1ccc(Cl)cc1)NCc1ccc(COCC(F)(F)F)cc1. The molecule has 0 bridgehead atoms. The van der Waals surface area contributed by atoms with E-state index in [9.17, 15) is 18.0 Å². The average molecular weight is 386 g/mol. The summed E-state index contributed by atoms with van der Waals surface area (Å²) < 4.78 is 40.6. The van der Waals surface area contributed by atoms with Crippen molar-refractivity contribution in [2.24, 2.45) is 0 Å². The molecule has 0 aliphatic heterocycles. The lowest BCUT2D eigenvalue weighted by molar-refractivity contribution is -0.176. The maximum atomic E-state index is 12.0. The van der Waals surface area contributed by atoms with Gasteiger partial charge in [0.15, 0.2) is 0 Å². The second-order valence-electron chi connectivity index (χ2n) is 5.83. The van der Waals surface area contributed by atoms with Crippen LogP contribution in [0.15, 0.2) is 48.5 Å². The topological polar surface area (TPSA) is 38.3 Å². The van der Waals surface area contributed by atoms with Crippen LogP contribution in [0.3, 0.4) is 0 Å². The van der Waals surface area contributed by atoms with Gasteiger partial charge in [-0.05, 0) is 35.2 Å². The molecule has 0 heterocycles. The highest BCUT2D eigenvalue weighted by Crippen LogP contribution is 2.16. The van der Waals surface area contributed by atoms with Crippen LogP contribution in [0.4, 0.5) is 13.2 Å². The molecule has 0 aliphatic carbocycles. The van der Waals surface area contributed by atoms with Gasteiger partial charge in [0.05, 0.1) is 6.61 Å². The van der Waals surface area contributed by atoms with Crippen LogP contribution < -0.4 is 5.32 Å². The summed E-state index contributed by atoms with van der Waals surface area (Å²) in [6, 6.07) is 14.2. The molecule has 0 fully saturated rings. The normalized spacial score (nSPS) is 11.4. The van der Waals surface area contributed by atoms with Gasteiger partial charge in [-0.3, -0.25) is 4.79 Å². The first-order chi connectivity index (χ1) is 12.3. The van der Waals surface area contributed by atoms with Crippen molar-refractivity contribution in [3.05, 3.63) is 70.2 Å². The molecule has 1 N–H and O–H groups in total. The molecule has 0 saturated heterocycles. The molecule has 1 amide bonds. The van der Waals surface area contributed by atoms with Gasteiger partial charge >= 0.3 is 6.18 Å². The van der Waals surface area contributed by atoms with E-state index in [-0.39, 0.29) is 12.5 Å². The van der Waals surface area contributed by atoms with Gasteiger partial charge in [0.1, 0.15) is 6.61 Å². The maximum Gasteiger partial charge on any atom is 0.411 e. The molecule has 0 unspecified atom stereocenters. The Morgan fingerprint density at radius 3 is 2.15 bits per heavy atom. The number of benzene rings is 2. The summed E-state index contributed by atoms with van der Waals surface area (Å²) in [6.07, 6.45) is -3.33. The van der Waals surface area contributed by atoms with Crippen LogP contribution in [0.25, 0.3) is 0 Å². The van der Waals surface area contributed by atoms with Gasteiger partial charge in [-0.2, -0.15) is 13.2 Å². The molecular weight excluding hydrogens is 367 g/mol. The van der Waals surface area contributed by atoms with Crippen molar-refractivity contribution in [1.29, 1.82) is 0 Å². The molecular formula is C19H19ClF3NO2. The van der Waals surface area contributed by atoms with E-state index >= 15 is 0 Å². The Morgan fingerprint density at radius 2 is 1.54 bits per heavy atom. The quantitative estimate of drug-likeness (QED) is 0.717. The Kier molecular flexibility index (Phi) is 7.48. The summed E-state index contributed by atoms with van der Waals surface area (Å²) in [6.45, 7) is -1.01. The predicted molar refractivity (Wildman–Crippen MR) is 93.8 cm³/mol. The first-order valence-corrected chi connectivity index (χ1v) is 8.43. The van der Waals surface area contributed by atoms with Crippen LogP contribution in [-0.4, -0.2) is 18.7 Å². The van der Waals surface area contributed by atoms with E-state index in [4.69, 9.17) is 11.6 Å². The fourth-order valence-corrected chi connectivity index (χ4v) is 2.36.